The third kappa shape index (κ3) is 3.44. The number of ether oxygens (including phenoxy) is 1. The van der Waals surface area contributed by atoms with Crippen LogP contribution < -0.4 is 5.32 Å². The van der Waals surface area contributed by atoms with E-state index in [2.05, 4.69) is 24.1 Å². The molecule has 8 heteroatoms. The van der Waals surface area contributed by atoms with Crippen molar-refractivity contribution in [3.8, 4) is 0 Å². The van der Waals surface area contributed by atoms with Crippen LogP contribution in [0.3, 0.4) is 0 Å². The molecule has 28 heavy (non-hydrogen) atoms. The molecule has 2 aromatic heterocycles. The first-order valence-corrected chi connectivity index (χ1v) is 9.78. The van der Waals surface area contributed by atoms with Gasteiger partial charge in [0.25, 0.3) is 11.8 Å². The summed E-state index contributed by atoms with van der Waals surface area (Å²) in [5.74, 6) is 1.34. The zero-order chi connectivity index (χ0) is 19.7. The molecule has 8 nitrogen and oxygen atoms in total. The fourth-order valence-corrected chi connectivity index (χ4v) is 3.92. The summed E-state index contributed by atoms with van der Waals surface area (Å²) in [6.45, 7) is 6.23. The second kappa shape index (κ2) is 7.43. The van der Waals surface area contributed by atoms with Crippen molar-refractivity contribution in [2.45, 2.75) is 44.9 Å². The van der Waals surface area contributed by atoms with E-state index in [0.29, 0.717) is 50.7 Å². The quantitative estimate of drug-likeness (QED) is 0.865. The summed E-state index contributed by atoms with van der Waals surface area (Å²) in [6.07, 6.45) is 5.75. The summed E-state index contributed by atoms with van der Waals surface area (Å²) in [4.78, 5) is 31.5. The number of piperidine rings is 1. The Morgan fingerprint density at radius 1 is 1.36 bits per heavy atom. The smallest absolute Gasteiger partial charge is 0.289 e. The van der Waals surface area contributed by atoms with Crippen LogP contribution in [-0.4, -0.2) is 52.0 Å². The van der Waals surface area contributed by atoms with Crippen molar-refractivity contribution >= 4 is 11.8 Å². The highest BCUT2D eigenvalue weighted by Crippen LogP contribution is 2.40. The van der Waals surface area contributed by atoms with Crippen LogP contribution in [0, 0.1) is 5.92 Å². The van der Waals surface area contributed by atoms with Gasteiger partial charge in [-0.3, -0.25) is 9.59 Å². The molecule has 0 unspecified atom stereocenters. The summed E-state index contributed by atoms with van der Waals surface area (Å²) < 4.78 is 13.6. The Bertz CT molecular complexity index is 834. The van der Waals surface area contributed by atoms with Gasteiger partial charge in [0.05, 0.1) is 12.8 Å². The largest absolute Gasteiger partial charge is 0.459 e. The summed E-state index contributed by atoms with van der Waals surface area (Å²) in [6, 6.07) is 3.38. The number of nitrogens with zero attached hydrogens (tertiary/aromatic N) is 3. The minimum absolute atomic E-state index is 0.0958. The third-order valence-corrected chi connectivity index (χ3v) is 5.42. The van der Waals surface area contributed by atoms with E-state index >= 15 is 0 Å². The van der Waals surface area contributed by atoms with E-state index in [1.807, 2.05) is 10.8 Å². The summed E-state index contributed by atoms with van der Waals surface area (Å²) in [5.41, 5.74) is -0.651. The van der Waals surface area contributed by atoms with Gasteiger partial charge in [0.2, 0.25) is 0 Å². The molecular formula is C20H26N4O4. The van der Waals surface area contributed by atoms with Crippen LogP contribution in [0.15, 0.2) is 35.2 Å². The van der Waals surface area contributed by atoms with Crippen LogP contribution in [0.2, 0.25) is 0 Å². The minimum Gasteiger partial charge on any atom is -0.459 e. The molecule has 0 saturated carbocycles. The SMILES string of the molecule is CC(C)CNC(=O)[C@@H]1Cn2ccnc2C2(CCN(C(=O)c3ccco3)CC2)O1. The Hall–Kier alpha value is -2.61. The Kier molecular flexibility index (Phi) is 4.97. The number of aromatic nitrogens is 2. The number of rotatable bonds is 4. The van der Waals surface area contributed by atoms with E-state index in [4.69, 9.17) is 9.15 Å². The Balaban J connectivity index is 1.49. The topological polar surface area (TPSA) is 89.6 Å². The second-order valence-corrected chi connectivity index (χ2v) is 7.91. The number of furan rings is 1. The van der Waals surface area contributed by atoms with Crippen molar-refractivity contribution in [2.24, 2.45) is 5.92 Å². The van der Waals surface area contributed by atoms with Gasteiger partial charge in [0, 0.05) is 44.9 Å². The molecule has 2 amide bonds. The molecule has 2 aliphatic rings. The normalized spacial score (nSPS) is 21.0. The lowest BCUT2D eigenvalue weighted by molar-refractivity contribution is -0.172. The van der Waals surface area contributed by atoms with Crippen molar-refractivity contribution in [1.29, 1.82) is 0 Å². The van der Waals surface area contributed by atoms with Crippen LogP contribution >= 0.6 is 0 Å². The van der Waals surface area contributed by atoms with Crippen molar-refractivity contribution in [3.05, 3.63) is 42.4 Å². The first-order chi connectivity index (χ1) is 13.5. The van der Waals surface area contributed by atoms with Gasteiger partial charge in [-0.15, -0.1) is 0 Å². The predicted octanol–water partition coefficient (Wildman–Crippen LogP) is 1.78. The maximum atomic E-state index is 12.6. The van der Waals surface area contributed by atoms with Gasteiger partial charge < -0.3 is 23.9 Å². The van der Waals surface area contributed by atoms with Crippen molar-refractivity contribution in [1.82, 2.24) is 19.8 Å². The number of amides is 2. The van der Waals surface area contributed by atoms with Crippen molar-refractivity contribution < 1.29 is 18.7 Å². The van der Waals surface area contributed by atoms with E-state index in [1.54, 1.807) is 23.2 Å². The standard InChI is InChI=1S/C20H26N4O4/c1-14(2)12-22-17(25)16-13-24-10-7-21-19(24)20(28-16)5-8-23(9-6-20)18(26)15-4-3-11-27-15/h3-4,7,10-11,14,16H,5-6,8-9,12-13H2,1-2H3,(H,22,25)/t16-/m0/s1. The fourth-order valence-electron chi connectivity index (χ4n) is 3.92. The molecule has 0 aliphatic carbocycles. The van der Waals surface area contributed by atoms with Gasteiger partial charge >= 0.3 is 0 Å². The molecule has 2 aromatic rings. The highest BCUT2D eigenvalue weighted by Gasteiger charge is 2.47. The maximum absolute atomic E-state index is 12.6. The molecule has 0 radical (unpaired) electrons. The second-order valence-electron chi connectivity index (χ2n) is 7.91. The van der Waals surface area contributed by atoms with Gasteiger partial charge in [-0.2, -0.15) is 0 Å². The molecular weight excluding hydrogens is 360 g/mol. The zero-order valence-corrected chi connectivity index (χ0v) is 16.3. The van der Waals surface area contributed by atoms with E-state index in [-0.39, 0.29) is 11.8 Å². The molecule has 2 aliphatic heterocycles. The first-order valence-electron chi connectivity index (χ1n) is 9.78. The number of likely N-dealkylation sites (tertiary alicyclic amines) is 1. The lowest BCUT2D eigenvalue weighted by Gasteiger charge is -2.45. The molecule has 0 aromatic carbocycles. The fraction of sp³-hybridized carbons (Fsp3) is 0.550. The molecule has 1 spiro atoms. The molecule has 4 heterocycles. The van der Waals surface area contributed by atoms with Crippen LogP contribution in [0.1, 0.15) is 43.1 Å². The summed E-state index contributed by atoms with van der Waals surface area (Å²) in [5, 5.41) is 2.97. The average molecular weight is 386 g/mol. The molecule has 1 fully saturated rings. The Morgan fingerprint density at radius 2 is 2.14 bits per heavy atom. The Morgan fingerprint density at radius 3 is 2.82 bits per heavy atom. The molecule has 1 saturated heterocycles. The number of carbonyl (C=O) groups excluding carboxylic acids is 2. The molecule has 1 N–H and O–H groups in total. The highest BCUT2D eigenvalue weighted by molar-refractivity contribution is 5.91. The first kappa shape index (κ1) is 18.7. The van der Waals surface area contributed by atoms with E-state index in [9.17, 15) is 9.59 Å². The number of nitrogens with one attached hydrogen (secondary N) is 1. The lowest BCUT2D eigenvalue weighted by Crippen LogP contribution is -2.55. The number of carbonyl (C=O) groups is 2. The Labute approximate surface area is 163 Å². The van der Waals surface area contributed by atoms with Gasteiger partial charge in [0.15, 0.2) is 11.9 Å². The molecule has 1 atom stereocenters. The van der Waals surface area contributed by atoms with Crippen molar-refractivity contribution in [2.75, 3.05) is 19.6 Å². The zero-order valence-electron chi connectivity index (χ0n) is 16.3. The molecule has 4 rings (SSSR count). The molecule has 150 valence electrons. The van der Waals surface area contributed by atoms with Crippen LogP contribution in [0.4, 0.5) is 0 Å². The van der Waals surface area contributed by atoms with Crippen LogP contribution in [0.5, 0.6) is 0 Å². The van der Waals surface area contributed by atoms with Crippen LogP contribution in [-0.2, 0) is 21.7 Å². The number of imidazole rings is 1. The van der Waals surface area contributed by atoms with Gasteiger partial charge in [-0.1, -0.05) is 13.8 Å². The number of hydrogen-bond donors (Lipinski definition) is 1. The lowest BCUT2D eigenvalue weighted by atomic mass is 9.88. The summed E-state index contributed by atoms with van der Waals surface area (Å²) in [7, 11) is 0. The highest BCUT2D eigenvalue weighted by atomic mass is 16.5. The monoisotopic (exact) mass is 386 g/mol. The predicted molar refractivity (Wildman–Crippen MR) is 100 cm³/mol. The maximum Gasteiger partial charge on any atom is 0.289 e. The molecule has 0 bridgehead atoms. The van der Waals surface area contributed by atoms with Gasteiger partial charge in [-0.25, -0.2) is 4.98 Å². The average Bonchev–Trinajstić information content (AvgIpc) is 3.38. The summed E-state index contributed by atoms with van der Waals surface area (Å²) >= 11 is 0. The van der Waals surface area contributed by atoms with E-state index in [0.717, 1.165) is 5.82 Å². The van der Waals surface area contributed by atoms with E-state index in [1.165, 1.54) is 6.26 Å². The third-order valence-electron chi connectivity index (χ3n) is 5.42. The van der Waals surface area contributed by atoms with Gasteiger partial charge in [-0.05, 0) is 18.1 Å². The minimum atomic E-state index is -0.651. The van der Waals surface area contributed by atoms with E-state index < -0.39 is 11.7 Å². The number of hydrogen-bond acceptors (Lipinski definition) is 5. The van der Waals surface area contributed by atoms with Crippen molar-refractivity contribution in [3.63, 3.8) is 0 Å². The number of fused-ring (bicyclic) bond motifs is 2. The van der Waals surface area contributed by atoms with Gasteiger partial charge in [0.1, 0.15) is 11.4 Å². The van der Waals surface area contributed by atoms with Crippen LogP contribution in [0.25, 0.3) is 0 Å².